The Morgan fingerprint density at radius 3 is 1.67 bits per heavy atom. The molecule has 0 aliphatic heterocycles. The summed E-state index contributed by atoms with van der Waals surface area (Å²) in [5, 5.41) is -0.843. The molecule has 0 spiro atoms. The van der Waals surface area contributed by atoms with E-state index >= 15 is 0 Å². The van der Waals surface area contributed by atoms with Crippen molar-refractivity contribution in [2.75, 3.05) is 0 Å². The molecule has 0 bridgehead atoms. The lowest BCUT2D eigenvalue weighted by atomic mass is 10.3. The van der Waals surface area contributed by atoms with Crippen molar-refractivity contribution < 1.29 is 0 Å². The molecule has 0 N–H and O–H groups in total. The summed E-state index contributed by atoms with van der Waals surface area (Å²) in [5.41, 5.74) is 0. The van der Waals surface area contributed by atoms with Crippen LogP contribution in [0.25, 0.3) is 0 Å². The Kier molecular flexibility index (Phi) is 4.33. The average Bonchev–Trinajstić information content (AvgIpc) is 1.62. The summed E-state index contributed by atoms with van der Waals surface area (Å²) in [7, 11) is 0. The molecule has 1 unspecified atom stereocenters. The van der Waals surface area contributed by atoms with E-state index in [1.807, 2.05) is 0 Å². The van der Waals surface area contributed by atoms with Crippen molar-refractivity contribution in [2.45, 2.75) is 9.71 Å². The number of alkyl halides is 3. The summed E-state index contributed by atoms with van der Waals surface area (Å²) in [6.07, 6.45) is 0. The molecule has 9 heavy (non-hydrogen) atoms. The Bertz CT molecular complexity index is 83.4. The molecule has 0 aliphatic carbocycles. The van der Waals surface area contributed by atoms with Gasteiger partial charge in [-0.1, -0.05) is 46.4 Å². The van der Waals surface area contributed by atoms with Gasteiger partial charge in [-0.15, -0.1) is 11.6 Å². The second-order valence-corrected chi connectivity index (χ2v) is 4.40. The highest BCUT2D eigenvalue weighted by Gasteiger charge is 2.33. The first-order valence-corrected chi connectivity index (χ1v) is 3.85. The van der Waals surface area contributed by atoms with Gasteiger partial charge < -0.3 is 0 Å². The molecule has 0 saturated heterocycles. The number of halogens is 5. The first-order chi connectivity index (χ1) is 3.85. The Morgan fingerprint density at radius 2 is 1.67 bits per heavy atom. The van der Waals surface area contributed by atoms with Gasteiger partial charge in [0.25, 0.3) is 0 Å². The van der Waals surface area contributed by atoms with E-state index in [9.17, 15) is 0 Å². The van der Waals surface area contributed by atoms with Gasteiger partial charge in [-0.25, -0.2) is 0 Å². The smallest absolute Gasteiger partial charge is 0.116 e. The van der Waals surface area contributed by atoms with Crippen LogP contribution in [0.4, 0.5) is 0 Å². The second-order valence-electron chi connectivity index (χ2n) is 1.41. The monoisotopic (exact) mass is 226 g/mol. The van der Waals surface area contributed by atoms with Gasteiger partial charge in [0.1, 0.15) is 9.71 Å². The van der Waals surface area contributed by atoms with Crippen LogP contribution >= 0.6 is 58.0 Å². The maximum atomic E-state index is 5.46. The van der Waals surface area contributed by atoms with Gasteiger partial charge in [0.05, 0.1) is 0 Å². The van der Waals surface area contributed by atoms with E-state index in [0.717, 1.165) is 0 Å². The van der Waals surface area contributed by atoms with Gasteiger partial charge in [-0.2, -0.15) is 0 Å². The zero-order valence-corrected chi connectivity index (χ0v) is 7.95. The van der Waals surface area contributed by atoms with Crippen molar-refractivity contribution in [3.8, 4) is 0 Å². The van der Waals surface area contributed by atoms with Crippen molar-refractivity contribution in [2.24, 2.45) is 0 Å². The van der Waals surface area contributed by atoms with Gasteiger partial charge in [0, 0.05) is 0 Å². The van der Waals surface area contributed by atoms with Crippen molar-refractivity contribution in [1.82, 2.24) is 0 Å². The fourth-order valence-corrected chi connectivity index (χ4v) is 0.974. The van der Waals surface area contributed by atoms with E-state index in [1.54, 1.807) is 0 Å². The summed E-state index contributed by atoms with van der Waals surface area (Å²) >= 11 is 26.8. The summed E-state index contributed by atoms with van der Waals surface area (Å²) in [6, 6.07) is 0. The lowest BCUT2D eigenvalue weighted by molar-refractivity contribution is 0.944. The fraction of sp³-hybridized carbons (Fsp3) is 0.500. The van der Waals surface area contributed by atoms with E-state index in [1.165, 1.54) is 0 Å². The maximum Gasteiger partial charge on any atom is 0.171 e. The third-order valence-corrected chi connectivity index (χ3v) is 2.47. The van der Waals surface area contributed by atoms with Gasteiger partial charge in [0.2, 0.25) is 0 Å². The number of hydrogen-bond acceptors (Lipinski definition) is 0. The van der Waals surface area contributed by atoms with Crippen LogP contribution in [0.1, 0.15) is 0 Å². The minimum atomic E-state index is -1.36. The van der Waals surface area contributed by atoms with Crippen LogP contribution in [0, 0.1) is 11.8 Å². The average molecular weight is 228 g/mol. The Balaban J connectivity index is 3.88. The largest absolute Gasteiger partial charge is 0.171 e. The van der Waals surface area contributed by atoms with E-state index < -0.39 is 9.71 Å². The minimum absolute atomic E-state index is 0.0864. The summed E-state index contributed by atoms with van der Waals surface area (Å²) < 4.78 is -1.36. The molecular weight excluding hydrogens is 225 g/mol. The van der Waals surface area contributed by atoms with Crippen LogP contribution < -0.4 is 0 Å². The molecular formula is C4H3Cl5. The number of rotatable bonds is 2. The van der Waals surface area contributed by atoms with Gasteiger partial charge in [-0.3, -0.25) is 0 Å². The van der Waals surface area contributed by atoms with Gasteiger partial charge in [0.15, 0.2) is 4.84 Å². The molecule has 0 aromatic rings. The predicted octanol–water partition coefficient (Wildman–Crippen LogP) is 3.57. The molecule has 0 saturated carbocycles. The van der Waals surface area contributed by atoms with Gasteiger partial charge >= 0.3 is 0 Å². The van der Waals surface area contributed by atoms with Crippen LogP contribution in [0.2, 0.25) is 0 Å². The number of hydrogen-bond donors (Lipinski definition) is 0. The zero-order valence-electron chi connectivity index (χ0n) is 4.17. The van der Waals surface area contributed by atoms with E-state index in [-0.39, 0.29) is 4.84 Å². The van der Waals surface area contributed by atoms with Crippen LogP contribution in [-0.4, -0.2) is 9.71 Å². The van der Waals surface area contributed by atoms with E-state index in [0.29, 0.717) is 0 Å². The maximum absolute atomic E-state index is 5.46. The van der Waals surface area contributed by atoms with Gasteiger partial charge in [-0.05, 0) is 6.92 Å². The zero-order chi connectivity index (χ0) is 7.65. The highest BCUT2D eigenvalue weighted by molar-refractivity contribution is 6.61. The highest BCUT2D eigenvalue weighted by Crippen LogP contribution is 2.37. The first kappa shape index (κ1) is 10.4. The molecule has 5 heteroatoms. The predicted molar refractivity (Wildman–Crippen MR) is 44.4 cm³/mol. The summed E-state index contributed by atoms with van der Waals surface area (Å²) in [4.78, 5) is -0.0864. The third kappa shape index (κ3) is 4.00. The molecule has 0 aromatic carbocycles. The molecule has 0 rings (SSSR count). The van der Waals surface area contributed by atoms with Crippen molar-refractivity contribution in [3.05, 3.63) is 11.8 Å². The molecule has 2 radical (unpaired) electrons. The fourth-order valence-electron chi connectivity index (χ4n) is 0.160. The second kappa shape index (κ2) is 3.73. The molecule has 0 aliphatic rings. The molecule has 0 heterocycles. The molecule has 0 nitrogen and oxygen atoms in total. The first-order valence-electron chi connectivity index (χ1n) is 1.91. The topological polar surface area (TPSA) is 0 Å². The molecule has 0 amide bonds. The van der Waals surface area contributed by atoms with Crippen LogP contribution in [0.3, 0.4) is 0 Å². The third-order valence-electron chi connectivity index (χ3n) is 0.562. The van der Waals surface area contributed by atoms with Crippen LogP contribution in [0.15, 0.2) is 0 Å². The standard InChI is InChI=1S/C4H3Cl5/c1-4(8,9)2(5)3(6)7/h2H,1H2. The lowest BCUT2D eigenvalue weighted by Crippen LogP contribution is -2.24. The highest BCUT2D eigenvalue weighted by atomic mass is 35.5. The summed E-state index contributed by atoms with van der Waals surface area (Å²) in [5.74, 6) is 0. The van der Waals surface area contributed by atoms with E-state index in [4.69, 9.17) is 58.0 Å². The van der Waals surface area contributed by atoms with Crippen molar-refractivity contribution in [3.63, 3.8) is 0 Å². The molecule has 1 atom stereocenters. The van der Waals surface area contributed by atoms with Crippen LogP contribution in [-0.2, 0) is 0 Å². The Hall–Kier alpha value is 1.45. The lowest BCUT2D eigenvalue weighted by Gasteiger charge is -2.19. The van der Waals surface area contributed by atoms with Crippen LogP contribution in [0.5, 0.6) is 0 Å². The Labute approximate surface area is 79.4 Å². The SMILES string of the molecule is [CH2]C(Cl)(Cl)C(Cl)[C](Cl)Cl. The Morgan fingerprint density at radius 1 is 1.33 bits per heavy atom. The quantitative estimate of drug-likeness (QED) is 0.634. The van der Waals surface area contributed by atoms with E-state index in [2.05, 4.69) is 6.92 Å². The normalized spacial score (nSPS) is 16.3. The summed E-state index contributed by atoms with van der Waals surface area (Å²) in [6.45, 7) is 3.30. The molecule has 0 aromatic heterocycles. The van der Waals surface area contributed by atoms with Crippen molar-refractivity contribution >= 4 is 58.0 Å². The molecule has 54 valence electrons. The molecule has 0 fully saturated rings. The van der Waals surface area contributed by atoms with Crippen molar-refractivity contribution in [1.29, 1.82) is 0 Å². The minimum Gasteiger partial charge on any atom is -0.116 e.